The van der Waals surface area contributed by atoms with Gasteiger partial charge in [0.15, 0.2) is 0 Å². The number of benzene rings is 1. The highest BCUT2D eigenvalue weighted by Gasteiger charge is 2.04. The van der Waals surface area contributed by atoms with Crippen LogP contribution in [-0.4, -0.2) is 9.97 Å². The highest BCUT2D eigenvalue weighted by atomic mass is 19.1. The Labute approximate surface area is 79.6 Å². The van der Waals surface area contributed by atoms with Crippen molar-refractivity contribution in [3.05, 3.63) is 53.6 Å². The van der Waals surface area contributed by atoms with E-state index in [0.717, 1.165) is 11.8 Å². The molecule has 0 radical (unpaired) electrons. The Morgan fingerprint density at radius 2 is 2.14 bits per heavy atom. The number of imidazole rings is 1. The van der Waals surface area contributed by atoms with Crippen molar-refractivity contribution in [2.45, 2.75) is 6.42 Å². The molecular weight excluding hydrogens is 186 g/mol. The molecule has 2 nitrogen and oxygen atoms in total. The van der Waals surface area contributed by atoms with Crippen molar-refractivity contribution >= 4 is 0 Å². The lowest BCUT2D eigenvalue weighted by atomic mass is 10.1. The highest BCUT2D eigenvalue weighted by molar-refractivity contribution is 5.22. The van der Waals surface area contributed by atoms with Crippen molar-refractivity contribution in [2.24, 2.45) is 0 Å². The standard InChI is InChI=1S/C10H8F2N2/c11-8-2-1-7(10(12)4-8)3-9-5-13-6-14-9/h1-2,4-6H,3H2,(H,13,14). The Morgan fingerprint density at radius 1 is 1.29 bits per heavy atom. The average Bonchev–Trinajstić information content (AvgIpc) is 2.62. The van der Waals surface area contributed by atoms with Gasteiger partial charge in [0.25, 0.3) is 0 Å². The molecular formula is C10H8F2N2. The minimum Gasteiger partial charge on any atom is -0.348 e. The first-order valence-electron chi connectivity index (χ1n) is 4.17. The van der Waals surface area contributed by atoms with Crippen LogP contribution in [0, 0.1) is 11.6 Å². The van der Waals surface area contributed by atoms with Crippen LogP contribution in [0.15, 0.2) is 30.7 Å². The predicted octanol–water partition coefficient (Wildman–Crippen LogP) is 2.28. The van der Waals surface area contributed by atoms with E-state index in [-0.39, 0.29) is 0 Å². The zero-order valence-electron chi connectivity index (χ0n) is 7.30. The van der Waals surface area contributed by atoms with E-state index in [4.69, 9.17) is 0 Å². The molecule has 2 aromatic rings. The normalized spacial score (nSPS) is 10.4. The second kappa shape index (κ2) is 3.57. The minimum absolute atomic E-state index is 0.395. The molecule has 0 atom stereocenters. The maximum Gasteiger partial charge on any atom is 0.129 e. The van der Waals surface area contributed by atoms with Gasteiger partial charge in [-0.2, -0.15) is 0 Å². The molecule has 0 aliphatic heterocycles. The Kier molecular flexibility index (Phi) is 2.26. The predicted molar refractivity (Wildman–Crippen MR) is 47.8 cm³/mol. The van der Waals surface area contributed by atoms with E-state index in [1.807, 2.05) is 0 Å². The largest absolute Gasteiger partial charge is 0.348 e. The molecule has 0 saturated carbocycles. The summed E-state index contributed by atoms with van der Waals surface area (Å²) in [6, 6.07) is 3.56. The first-order valence-corrected chi connectivity index (χ1v) is 4.17. The van der Waals surface area contributed by atoms with Crippen LogP contribution in [0.4, 0.5) is 8.78 Å². The Bertz CT molecular complexity index is 424. The molecule has 1 aromatic heterocycles. The van der Waals surface area contributed by atoms with Crippen LogP contribution in [0.5, 0.6) is 0 Å². The van der Waals surface area contributed by atoms with Gasteiger partial charge in [0.2, 0.25) is 0 Å². The van der Waals surface area contributed by atoms with Crippen molar-refractivity contribution in [1.82, 2.24) is 9.97 Å². The van der Waals surface area contributed by atoms with Crippen molar-refractivity contribution in [1.29, 1.82) is 0 Å². The number of nitrogens with zero attached hydrogens (tertiary/aromatic N) is 1. The number of H-pyrrole nitrogens is 1. The molecule has 0 aliphatic carbocycles. The third kappa shape index (κ3) is 1.79. The zero-order chi connectivity index (χ0) is 9.97. The molecule has 1 aromatic carbocycles. The van der Waals surface area contributed by atoms with E-state index < -0.39 is 11.6 Å². The van der Waals surface area contributed by atoms with E-state index in [1.165, 1.54) is 18.5 Å². The van der Waals surface area contributed by atoms with Crippen molar-refractivity contribution in [3.63, 3.8) is 0 Å². The van der Waals surface area contributed by atoms with Gasteiger partial charge in [-0.05, 0) is 11.6 Å². The molecule has 0 amide bonds. The fraction of sp³-hybridized carbons (Fsp3) is 0.100. The summed E-state index contributed by atoms with van der Waals surface area (Å²) >= 11 is 0. The average molecular weight is 194 g/mol. The minimum atomic E-state index is -0.559. The smallest absolute Gasteiger partial charge is 0.129 e. The van der Waals surface area contributed by atoms with E-state index in [1.54, 1.807) is 6.20 Å². The number of aromatic amines is 1. The molecule has 72 valence electrons. The van der Waals surface area contributed by atoms with E-state index in [0.29, 0.717) is 12.0 Å². The summed E-state index contributed by atoms with van der Waals surface area (Å²) in [5.41, 5.74) is 1.26. The zero-order valence-corrected chi connectivity index (χ0v) is 7.30. The van der Waals surface area contributed by atoms with E-state index in [9.17, 15) is 8.78 Å². The Balaban J connectivity index is 2.25. The third-order valence-electron chi connectivity index (χ3n) is 1.95. The molecule has 0 fully saturated rings. The van der Waals surface area contributed by atoms with E-state index >= 15 is 0 Å². The van der Waals surface area contributed by atoms with Crippen LogP contribution in [0.25, 0.3) is 0 Å². The van der Waals surface area contributed by atoms with Crippen LogP contribution in [0.1, 0.15) is 11.3 Å². The lowest BCUT2D eigenvalue weighted by molar-refractivity contribution is 0.574. The molecule has 0 aliphatic rings. The van der Waals surface area contributed by atoms with Crippen molar-refractivity contribution < 1.29 is 8.78 Å². The van der Waals surface area contributed by atoms with Crippen molar-refractivity contribution in [3.8, 4) is 0 Å². The number of hydrogen-bond donors (Lipinski definition) is 1. The van der Waals surface area contributed by atoms with E-state index in [2.05, 4.69) is 9.97 Å². The SMILES string of the molecule is Fc1ccc(Cc2cnc[nH]2)c(F)c1. The van der Waals surface area contributed by atoms with Gasteiger partial charge in [0.1, 0.15) is 11.6 Å². The maximum atomic E-state index is 13.2. The summed E-state index contributed by atoms with van der Waals surface area (Å²) in [4.78, 5) is 6.67. The van der Waals surface area contributed by atoms with Gasteiger partial charge in [0.05, 0.1) is 6.33 Å². The lowest BCUT2D eigenvalue weighted by Gasteiger charge is -2.00. The molecule has 14 heavy (non-hydrogen) atoms. The van der Waals surface area contributed by atoms with Gasteiger partial charge in [-0.15, -0.1) is 0 Å². The molecule has 0 saturated heterocycles. The fourth-order valence-corrected chi connectivity index (χ4v) is 1.25. The van der Waals surface area contributed by atoms with Gasteiger partial charge in [-0.25, -0.2) is 13.8 Å². The van der Waals surface area contributed by atoms with Gasteiger partial charge in [0, 0.05) is 24.4 Å². The number of rotatable bonds is 2. The summed E-state index contributed by atoms with van der Waals surface area (Å²) in [6.07, 6.45) is 3.53. The Morgan fingerprint density at radius 3 is 2.79 bits per heavy atom. The third-order valence-corrected chi connectivity index (χ3v) is 1.95. The quantitative estimate of drug-likeness (QED) is 0.780. The molecule has 1 N–H and O–H groups in total. The summed E-state index contributed by atoms with van der Waals surface area (Å²) in [5.74, 6) is -1.09. The molecule has 0 bridgehead atoms. The van der Waals surface area contributed by atoms with Crippen LogP contribution in [0.3, 0.4) is 0 Å². The maximum absolute atomic E-state index is 13.2. The molecule has 2 rings (SSSR count). The first-order chi connectivity index (χ1) is 6.75. The topological polar surface area (TPSA) is 28.7 Å². The Hall–Kier alpha value is -1.71. The van der Waals surface area contributed by atoms with Gasteiger partial charge < -0.3 is 4.98 Å². The molecule has 0 unspecified atom stereocenters. The molecule has 0 spiro atoms. The highest BCUT2D eigenvalue weighted by Crippen LogP contribution is 2.12. The lowest BCUT2D eigenvalue weighted by Crippen LogP contribution is -1.93. The summed E-state index contributed by atoms with van der Waals surface area (Å²) in [7, 11) is 0. The molecule has 1 heterocycles. The van der Waals surface area contributed by atoms with Crippen LogP contribution in [0.2, 0.25) is 0 Å². The summed E-state index contributed by atoms with van der Waals surface area (Å²) < 4.78 is 25.7. The van der Waals surface area contributed by atoms with Crippen LogP contribution >= 0.6 is 0 Å². The fourth-order valence-electron chi connectivity index (χ4n) is 1.25. The van der Waals surface area contributed by atoms with Gasteiger partial charge in [-0.1, -0.05) is 6.07 Å². The van der Waals surface area contributed by atoms with Crippen LogP contribution in [-0.2, 0) is 6.42 Å². The number of nitrogens with one attached hydrogen (secondary N) is 1. The van der Waals surface area contributed by atoms with Crippen molar-refractivity contribution in [2.75, 3.05) is 0 Å². The molecule has 4 heteroatoms. The van der Waals surface area contributed by atoms with Gasteiger partial charge in [-0.3, -0.25) is 0 Å². The summed E-state index contributed by atoms with van der Waals surface area (Å²) in [6.45, 7) is 0. The second-order valence-corrected chi connectivity index (χ2v) is 2.99. The van der Waals surface area contributed by atoms with Crippen LogP contribution < -0.4 is 0 Å². The summed E-state index contributed by atoms with van der Waals surface area (Å²) in [5, 5.41) is 0. The number of aromatic nitrogens is 2. The van der Waals surface area contributed by atoms with Gasteiger partial charge >= 0.3 is 0 Å². The number of hydrogen-bond acceptors (Lipinski definition) is 1. The first kappa shape index (κ1) is 8.87. The second-order valence-electron chi connectivity index (χ2n) is 2.99. The number of halogens is 2. The monoisotopic (exact) mass is 194 g/mol.